The molecule has 2 heterocycles. The summed E-state index contributed by atoms with van der Waals surface area (Å²) >= 11 is 6.12. The van der Waals surface area contributed by atoms with Gasteiger partial charge in [0.15, 0.2) is 0 Å². The van der Waals surface area contributed by atoms with E-state index in [1.54, 1.807) is 54.2 Å². The molecule has 0 aliphatic carbocycles. The van der Waals surface area contributed by atoms with Crippen molar-refractivity contribution in [2.75, 3.05) is 20.3 Å². The van der Waals surface area contributed by atoms with Gasteiger partial charge in [-0.15, -0.1) is 0 Å². The first-order valence-corrected chi connectivity index (χ1v) is 9.10. The predicted octanol–water partition coefficient (Wildman–Crippen LogP) is 3.80. The third-order valence-corrected chi connectivity index (χ3v) is 4.60. The number of hydrogen-bond donors (Lipinski definition) is 1. The smallest absolute Gasteiger partial charge is 0.221 e. The van der Waals surface area contributed by atoms with Crippen molar-refractivity contribution in [1.82, 2.24) is 14.7 Å². The molecule has 0 aliphatic rings. The Morgan fingerprint density at radius 1 is 1.33 bits per heavy atom. The molecule has 2 aromatic heterocycles. The number of pyridine rings is 1. The van der Waals surface area contributed by atoms with Crippen LogP contribution in [0.2, 0.25) is 5.02 Å². The lowest BCUT2D eigenvalue weighted by Gasteiger charge is -2.18. The lowest BCUT2D eigenvalue weighted by Crippen LogP contribution is -2.27. The van der Waals surface area contributed by atoms with Crippen molar-refractivity contribution >= 4 is 23.2 Å². The molecule has 1 unspecified atom stereocenters. The SMILES string of the molecule is COCCCNC(=O)CC(c1ccccc1F)c1cnc2ccc(Cl)cn12. The average Bonchev–Trinajstić information content (AvgIpc) is 3.07. The first-order chi connectivity index (χ1) is 13.1. The van der Waals surface area contributed by atoms with Crippen molar-refractivity contribution in [2.24, 2.45) is 0 Å². The summed E-state index contributed by atoms with van der Waals surface area (Å²) < 4.78 is 21.3. The molecule has 0 fully saturated rings. The summed E-state index contributed by atoms with van der Waals surface area (Å²) in [5, 5.41) is 3.40. The molecule has 0 aliphatic heterocycles. The number of methoxy groups -OCH3 is 1. The van der Waals surface area contributed by atoms with Crippen LogP contribution in [-0.2, 0) is 9.53 Å². The van der Waals surface area contributed by atoms with E-state index in [-0.39, 0.29) is 18.1 Å². The van der Waals surface area contributed by atoms with E-state index in [2.05, 4.69) is 10.3 Å². The maximum Gasteiger partial charge on any atom is 0.221 e. The number of benzene rings is 1. The Kier molecular flexibility index (Phi) is 6.42. The summed E-state index contributed by atoms with van der Waals surface area (Å²) in [5.74, 6) is -0.995. The Morgan fingerprint density at radius 2 is 2.15 bits per heavy atom. The summed E-state index contributed by atoms with van der Waals surface area (Å²) in [4.78, 5) is 16.8. The van der Waals surface area contributed by atoms with Gasteiger partial charge in [-0.2, -0.15) is 0 Å². The zero-order valence-corrected chi connectivity index (χ0v) is 15.7. The van der Waals surface area contributed by atoms with Crippen molar-refractivity contribution in [2.45, 2.75) is 18.8 Å². The number of halogens is 2. The summed E-state index contributed by atoms with van der Waals surface area (Å²) in [6.07, 6.45) is 4.22. The van der Waals surface area contributed by atoms with Crippen LogP contribution in [0.15, 0.2) is 48.8 Å². The second-order valence-electron chi connectivity index (χ2n) is 6.23. The molecule has 3 rings (SSSR count). The second-order valence-corrected chi connectivity index (χ2v) is 6.67. The number of amides is 1. The van der Waals surface area contributed by atoms with Gasteiger partial charge in [-0.3, -0.25) is 4.79 Å². The van der Waals surface area contributed by atoms with Crippen LogP contribution in [0.25, 0.3) is 5.65 Å². The normalized spacial score (nSPS) is 12.3. The maximum atomic E-state index is 14.5. The van der Waals surface area contributed by atoms with Gasteiger partial charge in [0.05, 0.1) is 10.7 Å². The predicted molar refractivity (Wildman–Crippen MR) is 103 cm³/mol. The number of rotatable bonds is 8. The molecular formula is C20H21ClFN3O2. The van der Waals surface area contributed by atoms with Crippen LogP contribution in [0.4, 0.5) is 4.39 Å². The molecule has 0 bridgehead atoms. The molecule has 142 valence electrons. The molecule has 3 aromatic rings. The van der Waals surface area contributed by atoms with E-state index in [1.165, 1.54) is 6.07 Å². The first-order valence-electron chi connectivity index (χ1n) is 8.72. The van der Waals surface area contributed by atoms with E-state index in [0.29, 0.717) is 35.1 Å². The van der Waals surface area contributed by atoms with Crippen molar-refractivity contribution in [3.8, 4) is 0 Å². The van der Waals surface area contributed by atoms with Gasteiger partial charge < -0.3 is 14.5 Å². The number of imidazole rings is 1. The van der Waals surface area contributed by atoms with Crippen LogP contribution in [0.1, 0.15) is 30.0 Å². The van der Waals surface area contributed by atoms with E-state index < -0.39 is 5.92 Å². The van der Waals surface area contributed by atoms with Crippen molar-refractivity contribution in [1.29, 1.82) is 0 Å². The van der Waals surface area contributed by atoms with Gasteiger partial charge in [0.25, 0.3) is 0 Å². The maximum absolute atomic E-state index is 14.5. The Balaban J connectivity index is 1.92. The highest BCUT2D eigenvalue weighted by molar-refractivity contribution is 6.30. The molecule has 1 amide bonds. The highest BCUT2D eigenvalue weighted by Crippen LogP contribution is 2.31. The largest absolute Gasteiger partial charge is 0.385 e. The van der Waals surface area contributed by atoms with Crippen LogP contribution >= 0.6 is 11.6 Å². The number of carbonyl (C=O) groups excluding carboxylic acids is 1. The van der Waals surface area contributed by atoms with Crippen LogP contribution < -0.4 is 5.32 Å². The molecule has 1 atom stereocenters. The van der Waals surface area contributed by atoms with Crippen LogP contribution in [0.3, 0.4) is 0 Å². The molecule has 0 saturated carbocycles. The monoisotopic (exact) mass is 389 g/mol. The molecular weight excluding hydrogens is 369 g/mol. The third kappa shape index (κ3) is 4.64. The fourth-order valence-corrected chi connectivity index (χ4v) is 3.23. The van der Waals surface area contributed by atoms with Gasteiger partial charge >= 0.3 is 0 Å². The average molecular weight is 390 g/mol. The van der Waals surface area contributed by atoms with Crippen LogP contribution in [0, 0.1) is 5.82 Å². The zero-order chi connectivity index (χ0) is 19.2. The summed E-state index contributed by atoms with van der Waals surface area (Å²) in [6.45, 7) is 1.08. The minimum atomic E-state index is -0.484. The summed E-state index contributed by atoms with van der Waals surface area (Å²) in [5.41, 5.74) is 1.85. The van der Waals surface area contributed by atoms with Crippen LogP contribution in [0.5, 0.6) is 0 Å². The fourth-order valence-electron chi connectivity index (χ4n) is 3.06. The second kappa shape index (κ2) is 8.97. The standard InChI is InChI=1S/C20H21ClFN3O2/c1-27-10-4-9-23-20(26)11-16(15-5-2-3-6-17(15)22)18-12-24-19-8-7-14(21)13-25(18)19/h2-3,5-8,12-13,16H,4,9-11H2,1H3,(H,23,26). The topological polar surface area (TPSA) is 55.6 Å². The molecule has 0 radical (unpaired) electrons. The van der Waals surface area contributed by atoms with E-state index in [9.17, 15) is 9.18 Å². The van der Waals surface area contributed by atoms with Crippen LogP contribution in [-0.4, -0.2) is 35.6 Å². The van der Waals surface area contributed by atoms with Crippen molar-refractivity contribution in [3.05, 3.63) is 70.9 Å². The molecule has 27 heavy (non-hydrogen) atoms. The minimum absolute atomic E-state index is 0.105. The number of fused-ring (bicyclic) bond motifs is 1. The number of carbonyl (C=O) groups is 1. The van der Waals surface area contributed by atoms with Gasteiger partial charge in [0, 0.05) is 45.0 Å². The van der Waals surface area contributed by atoms with E-state index in [4.69, 9.17) is 16.3 Å². The Morgan fingerprint density at radius 3 is 2.93 bits per heavy atom. The van der Waals surface area contributed by atoms with E-state index >= 15 is 0 Å². The molecule has 7 heteroatoms. The zero-order valence-electron chi connectivity index (χ0n) is 15.0. The van der Waals surface area contributed by atoms with Gasteiger partial charge in [-0.25, -0.2) is 9.37 Å². The number of nitrogens with one attached hydrogen (secondary N) is 1. The molecule has 0 saturated heterocycles. The Labute approximate surface area is 162 Å². The van der Waals surface area contributed by atoms with Crippen molar-refractivity contribution in [3.63, 3.8) is 0 Å². The minimum Gasteiger partial charge on any atom is -0.385 e. The summed E-state index contributed by atoms with van der Waals surface area (Å²) in [7, 11) is 1.62. The van der Waals surface area contributed by atoms with Crippen molar-refractivity contribution < 1.29 is 13.9 Å². The Bertz CT molecular complexity index is 928. The van der Waals surface area contributed by atoms with E-state index in [1.807, 2.05) is 0 Å². The molecule has 1 aromatic carbocycles. The Hall–Kier alpha value is -2.44. The number of hydrogen-bond acceptors (Lipinski definition) is 3. The molecule has 5 nitrogen and oxygen atoms in total. The van der Waals surface area contributed by atoms with Gasteiger partial charge in [-0.1, -0.05) is 29.8 Å². The fraction of sp³-hybridized carbons (Fsp3) is 0.300. The third-order valence-electron chi connectivity index (χ3n) is 4.37. The first kappa shape index (κ1) is 19.3. The lowest BCUT2D eigenvalue weighted by atomic mass is 9.92. The number of ether oxygens (including phenoxy) is 1. The number of nitrogens with zero attached hydrogens (tertiary/aromatic N) is 2. The molecule has 1 N–H and O–H groups in total. The van der Waals surface area contributed by atoms with Gasteiger partial charge in [0.1, 0.15) is 11.5 Å². The number of aromatic nitrogens is 2. The quantitative estimate of drug-likeness (QED) is 0.596. The summed E-state index contributed by atoms with van der Waals surface area (Å²) in [6, 6.07) is 10.0. The van der Waals surface area contributed by atoms with Gasteiger partial charge in [-0.05, 0) is 30.2 Å². The van der Waals surface area contributed by atoms with E-state index in [0.717, 1.165) is 6.42 Å². The highest BCUT2D eigenvalue weighted by Gasteiger charge is 2.24. The lowest BCUT2D eigenvalue weighted by molar-refractivity contribution is -0.121. The highest BCUT2D eigenvalue weighted by atomic mass is 35.5. The molecule has 0 spiro atoms. The van der Waals surface area contributed by atoms with Gasteiger partial charge in [0.2, 0.25) is 5.91 Å².